The third-order valence-electron chi connectivity index (χ3n) is 4.22. The van der Waals surface area contributed by atoms with Gasteiger partial charge in [0, 0.05) is 32.1 Å². The number of ether oxygens (including phenoxy) is 2. The van der Waals surface area contributed by atoms with E-state index in [9.17, 15) is 0 Å². The molecule has 3 aromatic rings. The van der Waals surface area contributed by atoms with E-state index >= 15 is 0 Å². The van der Waals surface area contributed by atoms with Crippen molar-refractivity contribution in [2.24, 2.45) is 0 Å². The van der Waals surface area contributed by atoms with E-state index in [1.807, 2.05) is 48.5 Å². The average Bonchev–Trinajstić information content (AvgIpc) is 2.64. The summed E-state index contributed by atoms with van der Waals surface area (Å²) < 4.78 is 11.2. The highest BCUT2D eigenvalue weighted by Gasteiger charge is 2.26. The summed E-state index contributed by atoms with van der Waals surface area (Å²) in [7, 11) is 3.26. The maximum Gasteiger partial charge on any atom is 0.123 e. The van der Waals surface area contributed by atoms with E-state index in [0.717, 1.165) is 16.7 Å². The van der Waals surface area contributed by atoms with Gasteiger partial charge in [0.2, 0.25) is 0 Å². The second-order valence-corrected chi connectivity index (χ2v) is 7.01. The lowest BCUT2D eigenvalue weighted by Crippen LogP contribution is -2.08. The Hall–Kier alpha value is -1.87. The smallest absolute Gasteiger partial charge is 0.123 e. The van der Waals surface area contributed by atoms with Crippen molar-refractivity contribution >= 4 is 34.8 Å². The van der Waals surface area contributed by atoms with Crippen molar-refractivity contribution in [1.29, 1.82) is 0 Å². The predicted molar refractivity (Wildman–Crippen MR) is 108 cm³/mol. The van der Waals surface area contributed by atoms with Crippen molar-refractivity contribution in [3.63, 3.8) is 0 Å². The normalized spacial score (nSPS) is 10.8. The molecule has 0 bridgehead atoms. The Bertz CT molecular complexity index is 871. The van der Waals surface area contributed by atoms with Crippen LogP contribution in [0.5, 0.6) is 11.5 Å². The molecule has 2 nitrogen and oxygen atoms in total. The van der Waals surface area contributed by atoms with Crippen molar-refractivity contribution in [3.8, 4) is 11.5 Å². The molecule has 5 heteroatoms. The summed E-state index contributed by atoms with van der Waals surface area (Å²) in [5.74, 6) is 1.16. The molecule has 0 aliphatic rings. The van der Waals surface area contributed by atoms with Crippen molar-refractivity contribution < 1.29 is 9.47 Å². The number of methoxy groups -OCH3 is 2. The van der Waals surface area contributed by atoms with Gasteiger partial charge in [0.05, 0.1) is 14.2 Å². The van der Waals surface area contributed by atoms with Gasteiger partial charge in [-0.3, -0.25) is 0 Å². The van der Waals surface area contributed by atoms with Crippen LogP contribution in [-0.2, 0) is 0 Å². The Morgan fingerprint density at radius 2 is 1.15 bits per heavy atom. The van der Waals surface area contributed by atoms with Crippen LogP contribution in [0.25, 0.3) is 0 Å². The topological polar surface area (TPSA) is 18.5 Å². The Morgan fingerprint density at radius 3 is 1.62 bits per heavy atom. The van der Waals surface area contributed by atoms with Gasteiger partial charge in [-0.25, -0.2) is 0 Å². The van der Waals surface area contributed by atoms with E-state index in [4.69, 9.17) is 44.3 Å². The largest absolute Gasteiger partial charge is 0.496 e. The van der Waals surface area contributed by atoms with E-state index < -0.39 is 0 Å². The third kappa shape index (κ3) is 3.78. The van der Waals surface area contributed by atoms with Crippen molar-refractivity contribution in [2.45, 2.75) is 5.92 Å². The van der Waals surface area contributed by atoms with Crippen LogP contribution in [-0.4, -0.2) is 14.2 Å². The predicted octanol–water partition coefficient (Wildman–Crippen LogP) is 6.84. The van der Waals surface area contributed by atoms with Crippen molar-refractivity contribution in [3.05, 3.63) is 92.4 Å². The van der Waals surface area contributed by atoms with E-state index in [1.165, 1.54) is 0 Å². The van der Waals surface area contributed by atoms with Crippen LogP contribution >= 0.6 is 34.8 Å². The molecule has 0 spiro atoms. The van der Waals surface area contributed by atoms with E-state index in [0.29, 0.717) is 26.6 Å². The first kappa shape index (κ1) is 18.9. The molecule has 3 rings (SSSR count). The zero-order valence-electron chi connectivity index (χ0n) is 14.3. The highest BCUT2D eigenvalue weighted by molar-refractivity contribution is 6.32. The summed E-state index contributed by atoms with van der Waals surface area (Å²) in [5, 5.41) is 1.86. The molecule has 0 radical (unpaired) electrons. The first-order chi connectivity index (χ1) is 12.5. The summed E-state index contributed by atoms with van der Waals surface area (Å²) in [6, 6.07) is 18.7. The van der Waals surface area contributed by atoms with E-state index in [2.05, 4.69) is 0 Å². The number of hydrogen-bond acceptors (Lipinski definition) is 2. The Morgan fingerprint density at radius 1 is 0.654 bits per heavy atom. The molecule has 26 heavy (non-hydrogen) atoms. The molecule has 0 unspecified atom stereocenters. The van der Waals surface area contributed by atoms with Gasteiger partial charge in [-0.2, -0.15) is 0 Å². The van der Waals surface area contributed by atoms with Gasteiger partial charge in [0.25, 0.3) is 0 Å². The molecule has 0 aliphatic carbocycles. The fourth-order valence-corrected chi connectivity index (χ4v) is 3.68. The minimum Gasteiger partial charge on any atom is -0.496 e. The summed E-state index contributed by atoms with van der Waals surface area (Å²) in [4.78, 5) is 0. The SMILES string of the molecule is COc1ccc(Cl)cc1C(c1ccccc1Cl)c1cc(Cl)ccc1OC. The Balaban J connectivity index is 2.34. The van der Waals surface area contributed by atoms with Gasteiger partial charge in [-0.05, 0) is 48.0 Å². The summed E-state index contributed by atoms with van der Waals surface area (Å²) in [6.45, 7) is 0. The van der Waals surface area contributed by atoms with Crippen LogP contribution in [0.4, 0.5) is 0 Å². The highest BCUT2D eigenvalue weighted by atomic mass is 35.5. The van der Waals surface area contributed by atoms with Crippen LogP contribution in [0.15, 0.2) is 60.7 Å². The molecule has 134 valence electrons. The molecule has 0 saturated heterocycles. The molecule has 0 aliphatic heterocycles. The minimum absolute atomic E-state index is 0.258. The summed E-state index contributed by atoms with van der Waals surface area (Å²) >= 11 is 19.1. The van der Waals surface area contributed by atoms with E-state index in [-0.39, 0.29) is 5.92 Å². The fraction of sp³-hybridized carbons (Fsp3) is 0.143. The quantitative estimate of drug-likeness (QED) is 0.431. The van der Waals surface area contributed by atoms with Crippen LogP contribution < -0.4 is 9.47 Å². The maximum atomic E-state index is 6.54. The monoisotopic (exact) mass is 406 g/mol. The summed E-state index contributed by atoms with van der Waals surface area (Å²) in [5.41, 5.74) is 2.68. The first-order valence-corrected chi connectivity index (χ1v) is 9.10. The number of benzene rings is 3. The zero-order chi connectivity index (χ0) is 18.7. The van der Waals surface area contributed by atoms with Gasteiger partial charge in [0.1, 0.15) is 11.5 Å². The van der Waals surface area contributed by atoms with Crippen LogP contribution in [0.1, 0.15) is 22.6 Å². The highest BCUT2D eigenvalue weighted by Crippen LogP contribution is 2.44. The molecule has 0 saturated carbocycles. The van der Waals surface area contributed by atoms with Crippen molar-refractivity contribution in [2.75, 3.05) is 14.2 Å². The maximum absolute atomic E-state index is 6.54. The third-order valence-corrected chi connectivity index (χ3v) is 5.04. The molecular formula is C21H17Cl3O2. The number of hydrogen-bond donors (Lipinski definition) is 0. The lowest BCUT2D eigenvalue weighted by molar-refractivity contribution is 0.402. The van der Waals surface area contributed by atoms with Crippen LogP contribution in [0.2, 0.25) is 15.1 Å². The molecule has 0 atom stereocenters. The van der Waals surface area contributed by atoms with Gasteiger partial charge >= 0.3 is 0 Å². The standard InChI is InChI=1S/C21H17Cl3O2/c1-25-19-9-7-13(22)11-16(19)21(15-5-3-4-6-18(15)24)17-12-14(23)8-10-20(17)26-2/h3-12,21H,1-2H3. The molecule has 0 heterocycles. The van der Waals surface area contributed by atoms with Crippen molar-refractivity contribution in [1.82, 2.24) is 0 Å². The van der Waals surface area contributed by atoms with E-state index in [1.54, 1.807) is 26.4 Å². The fourth-order valence-electron chi connectivity index (χ4n) is 3.07. The number of rotatable bonds is 5. The second-order valence-electron chi connectivity index (χ2n) is 5.73. The molecule has 0 fully saturated rings. The minimum atomic E-state index is -0.258. The van der Waals surface area contributed by atoms with Crippen LogP contribution in [0, 0.1) is 0 Å². The summed E-state index contributed by atoms with van der Waals surface area (Å²) in [6.07, 6.45) is 0. The second kappa shape index (κ2) is 8.22. The van der Waals surface area contributed by atoms with Crippen LogP contribution in [0.3, 0.4) is 0 Å². The molecular weight excluding hydrogens is 391 g/mol. The zero-order valence-corrected chi connectivity index (χ0v) is 16.6. The lowest BCUT2D eigenvalue weighted by atomic mass is 9.84. The first-order valence-electron chi connectivity index (χ1n) is 7.96. The Labute approximate surface area is 168 Å². The average molecular weight is 408 g/mol. The van der Waals surface area contributed by atoms with Gasteiger partial charge in [-0.1, -0.05) is 53.0 Å². The molecule has 0 amide bonds. The molecule has 0 aromatic heterocycles. The Kier molecular flexibility index (Phi) is 5.98. The van der Waals surface area contributed by atoms with Gasteiger partial charge in [0.15, 0.2) is 0 Å². The molecule has 3 aromatic carbocycles. The lowest BCUT2D eigenvalue weighted by Gasteiger charge is -2.24. The number of halogens is 3. The van der Waals surface area contributed by atoms with Gasteiger partial charge < -0.3 is 9.47 Å². The molecule has 0 N–H and O–H groups in total. The van der Waals surface area contributed by atoms with Gasteiger partial charge in [-0.15, -0.1) is 0 Å².